The van der Waals surface area contributed by atoms with E-state index in [1.165, 1.54) is 27.3 Å². The van der Waals surface area contributed by atoms with E-state index in [2.05, 4.69) is 15.5 Å². The van der Waals surface area contributed by atoms with Crippen molar-refractivity contribution in [2.24, 2.45) is 0 Å². The molecule has 150 valence electrons. The van der Waals surface area contributed by atoms with Crippen molar-refractivity contribution in [3.05, 3.63) is 30.4 Å². The van der Waals surface area contributed by atoms with Crippen LogP contribution in [0.3, 0.4) is 0 Å². The van der Waals surface area contributed by atoms with E-state index in [1.54, 1.807) is 26.8 Å². The molecule has 0 fully saturated rings. The van der Waals surface area contributed by atoms with Gasteiger partial charge in [0.15, 0.2) is 0 Å². The molecule has 0 bridgehead atoms. The van der Waals surface area contributed by atoms with Gasteiger partial charge in [0, 0.05) is 18.8 Å². The molecule has 0 saturated carbocycles. The quantitative estimate of drug-likeness (QED) is 0.662. The zero-order valence-corrected chi connectivity index (χ0v) is 16.7. The number of amides is 1. The minimum Gasteiger partial charge on any atom is -0.492 e. The number of nitriles is 1. The number of aromatic nitrogens is 3. The largest absolute Gasteiger partial charge is 0.492 e. The number of carbonyl (C=O) groups excluding carboxylic acids is 1. The summed E-state index contributed by atoms with van der Waals surface area (Å²) in [5.41, 5.74) is 0.297. The Hall–Kier alpha value is -2.97. The molecule has 0 unspecified atom stereocenters. The maximum atomic E-state index is 12.9. The molecular formula is C17H22N6O4S. The second kappa shape index (κ2) is 9.29. The van der Waals surface area contributed by atoms with Crippen molar-refractivity contribution in [1.82, 2.24) is 19.1 Å². The van der Waals surface area contributed by atoms with Gasteiger partial charge in [0.05, 0.1) is 6.61 Å². The Kier molecular flexibility index (Phi) is 7.08. The van der Waals surface area contributed by atoms with Gasteiger partial charge in [-0.1, -0.05) is 13.8 Å². The summed E-state index contributed by atoms with van der Waals surface area (Å²) in [6.45, 7) is 6.00. The van der Waals surface area contributed by atoms with Gasteiger partial charge in [0.25, 0.3) is 0 Å². The number of hydrogen-bond acceptors (Lipinski definition) is 7. The molecule has 1 N–H and O–H groups in total. The summed E-state index contributed by atoms with van der Waals surface area (Å²) in [5, 5.41) is 18.7. The summed E-state index contributed by atoms with van der Waals surface area (Å²) < 4.78 is 34.0. The minimum absolute atomic E-state index is 0.00615. The molecule has 0 radical (unpaired) electrons. The van der Waals surface area contributed by atoms with Crippen molar-refractivity contribution < 1.29 is 17.9 Å². The van der Waals surface area contributed by atoms with Gasteiger partial charge in [-0.25, -0.2) is 8.42 Å². The van der Waals surface area contributed by atoms with Crippen molar-refractivity contribution in [3.8, 4) is 11.8 Å². The van der Waals surface area contributed by atoms with Crippen LogP contribution in [0.4, 0.5) is 5.69 Å². The van der Waals surface area contributed by atoms with E-state index in [1.807, 2.05) is 6.07 Å². The molecule has 1 amide bonds. The first-order chi connectivity index (χ1) is 13.4. The third kappa shape index (κ3) is 4.65. The smallest absolute Gasteiger partial charge is 0.246 e. The average molecular weight is 406 g/mol. The predicted molar refractivity (Wildman–Crippen MR) is 101 cm³/mol. The van der Waals surface area contributed by atoms with E-state index in [4.69, 9.17) is 10.00 Å². The molecule has 1 aromatic heterocycles. The zero-order chi connectivity index (χ0) is 20.7. The molecule has 2 aromatic rings. The lowest BCUT2D eigenvalue weighted by Crippen LogP contribution is -2.31. The molecule has 0 aliphatic heterocycles. The highest BCUT2D eigenvalue weighted by molar-refractivity contribution is 7.89. The summed E-state index contributed by atoms with van der Waals surface area (Å²) in [7, 11) is -3.78. The molecule has 0 spiro atoms. The van der Waals surface area contributed by atoms with Crippen LogP contribution in [0.25, 0.3) is 0 Å². The van der Waals surface area contributed by atoms with Crippen LogP contribution in [0.5, 0.6) is 5.75 Å². The number of carbonyl (C=O) groups is 1. The number of nitrogens with one attached hydrogen (secondary N) is 1. The van der Waals surface area contributed by atoms with Gasteiger partial charge >= 0.3 is 0 Å². The Bertz CT molecular complexity index is 976. The molecule has 2 rings (SSSR count). The van der Waals surface area contributed by atoms with Gasteiger partial charge in [-0.2, -0.15) is 9.57 Å². The number of sulfonamides is 1. The molecule has 10 nitrogen and oxygen atoms in total. The maximum Gasteiger partial charge on any atom is 0.246 e. The predicted octanol–water partition coefficient (Wildman–Crippen LogP) is 1.22. The van der Waals surface area contributed by atoms with E-state index in [-0.39, 0.29) is 23.0 Å². The first-order valence-corrected chi connectivity index (χ1v) is 10.2. The van der Waals surface area contributed by atoms with Crippen molar-refractivity contribution in [3.63, 3.8) is 0 Å². The summed E-state index contributed by atoms with van der Waals surface area (Å²) >= 11 is 0. The number of ether oxygens (including phenoxy) is 1. The highest BCUT2D eigenvalue weighted by Crippen LogP contribution is 2.30. The van der Waals surface area contributed by atoms with E-state index < -0.39 is 15.9 Å². The van der Waals surface area contributed by atoms with Crippen LogP contribution in [0.2, 0.25) is 0 Å². The Labute approximate surface area is 163 Å². The molecule has 1 heterocycles. The van der Waals surface area contributed by atoms with Crippen LogP contribution in [0.1, 0.15) is 26.6 Å². The van der Waals surface area contributed by atoms with E-state index in [9.17, 15) is 13.2 Å². The van der Waals surface area contributed by atoms with Crippen molar-refractivity contribution in [1.29, 1.82) is 5.26 Å². The molecule has 1 aromatic carbocycles. The molecule has 0 saturated heterocycles. The van der Waals surface area contributed by atoms with Crippen LogP contribution in [-0.4, -0.2) is 53.1 Å². The number of hydrogen-bond donors (Lipinski definition) is 1. The van der Waals surface area contributed by atoms with Gasteiger partial charge in [-0.15, -0.1) is 10.2 Å². The fraction of sp³-hybridized carbons (Fsp3) is 0.412. The van der Waals surface area contributed by atoms with Crippen LogP contribution < -0.4 is 10.1 Å². The third-order valence-electron chi connectivity index (χ3n) is 3.88. The molecule has 0 atom stereocenters. The SMILES string of the molecule is CCOc1ccc(NC(=O)Cn2cnnc2C#N)cc1S(=O)(=O)N(CC)CC. The second-order valence-corrected chi connectivity index (χ2v) is 7.53. The molecule has 28 heavy (non-hydrogen) atoms. The van der Waals surface area contributed by atoms with Gasteiger partial charge in [0.2, 0.25) is 21.8 Å². The standard InChI is InChI=1S/C17H22N6O4S/c1-4-23(5-2)28(25,26)15-9-13(7-8-14(15)27-6-3)20-17(24)11-22-12-19-21-16(22)10-18/h7-9,12H,4-6,11H2,1-3H3,(H,20,24). The Morgan fingerprint density at radius 3 is 2.64 bits per heavy atom. The Morgan fingerprint density at radius 2 is 2.04 bits per heavy atom. The van der Waals surface area contributed by atoms with Gasteiger partial charge in [-0.05, 0) is 25.1 Å². The fourth-order valence-corrected chi connectivity index (χ4v) is 4.19. The van der Waals surface area contributed by atoms with Crippen molar-refractivity contribution in [2.45, 2.75) is 32.2 Å². The van der Waals surface area contributed by atoms with E-state index in [0.29, 0.717) is 25.4 Å². The fourth-order valence-electron chi connectivity index (χ4n) is 2.58. The average Bonchev–Trinajstić information content (AvgIpc) is 3.10. The molecular weight excluding hydrogens is 384 g/mol. The Morgan fingerprint density at radius 1 is 1.32 bits per heavy atom. The monoisotopic (exact) mass is 406 g/mol. The highest BCUT2D eigenvalue weighted by atomic mass is 32.2. The number of rotatable bonds is 9. The summed E-state index contributed by atoms with van der Waals surface area (Å²) in [6.07, 6.45) is 1.27. The number of nitrogens with zero attached hydrogens (tertiary/aromatic N) is 5. The van der Waals surface area contributed by atoms with Crippen molar-refractivity contribution in [2.75, 3.05) is 25.0 Å². The zero-order valence-electron chi connectivity index (χ0n) is 15.9. The maximum absolute atomic E-state index is 12.9. The summed E-state index contributed by atoms with van der Waals surface area (Å²) in [6, 6.07) is 6.26. The molecule has 0 aliphatic carbocycles. The number of benzene rings is 1. The van der Waals surface area contributed by atoms with Crippen LogP contribution in [0.15, 0.2) is 29.4 Å². The molecule has 0 aliphatic rings. The van der Waals surface area contributed by atoms with E-state index in [0.717, 1.165) is 0 Å². The van der Waals surface area contributed by atoms with Crippen LogP contribution in [0, 0.1) is 11.3 Å². The second-order valence-electron chi connectivity index (χ2n) is 5.63. The summed E-state index contributed by atoms with van der Waals surface area (Å²) in [4.78, 5) is 12.3. The normalized spacial score (nSPS) is 11.2. The van der Waals surface area contributed by atoms with E-state index >= 15 is 0 Å². The first-order valence-electron chi connectivity index (χ1n) is 8.72. The Balaban J connectivity index is 2.31. The van der Waals surface area contributed by atoms with Crippen molar-refractivity contribution >= 4 is 21.6 Å². The first kappa shape index (κ1) is 21.3. The lowest BCUT2D eigenvalue weighted by atomic mass is 10.3. The van der Waals surface area contributed by atoms with Gasteiger partial charge in [-0.3, -0.25) is 9.36 Å². The lowest BCUT2D eigenvalue weighted by molar-refractivity contribution is -0.116. The lowest BCUT2D eigenvalue weighted by Gasteiger charge is -2.21. The van der Waals surface area contributed by atoms with Crippen LogP contribution in [-0.2, 0) is 21.4 Å². The van der Waals surface area contributed by atoms with Gasteiger partial charge in [0.1, 0.15) is 29.6 Å². The molecule has 11 heteroatoms. The summed E-state index contributed by atoms with van der Waals surface area (Å²) in [5.74, 6) is -0.226. The third-order valence-corrected chi connectivity index (χ3v) is 5.95. The van der Waals surface area contributed by atoms with Gasteiger partial charge < -0.3 is 10.1 Å². The highest BCUT2D eigenvalue weighted by Gasteiger charge is 2.26. The minimum atomic E-state index is -3.78. The van der Waals surface area contributed by atoms with Crippen LogP contribution >= 0.6 is 0 Å². The number of anilines is 1. The topological polar surface area (TPSA) is 130 Å².